The minimum Gasteiger partial charge on any atom is -0.384 e. The summed E-state index contributed by atoms with van der Waals surface area (Å²) in [5.74, 6) is 0.670. The lowest BCUT2D eigenvalue weighted by Gasteiger charge is -2.03. The van der Waals surface area contributed by atoms with Crippen LogP contribution in [0, 0.1) is 6.92 Å². The van der Waals surface area contributed by atoms with Crippen LogP contribution in [0.2, 0.25) is 0 Å². The topological polar surface area (TPSA) is 38.9 Å². The van der Waals surface area contributed by atoms with Gasteiger partial charge in [0.05, 0.1) is 0 Å². The zero-order valence-electron chi connectivity index (χ0n) is 6.72. The number of nitrogens with two attached hydrogens (primary N) is 1. The van der Waals surface area contributed by atoms with Gasteiger partial charge in [-0.25, -0.2) is 4.98 Å². The Morgan fingerprint density at radius 1 is 1.45 bits per heavy atom. The lowest BCUT2D eigenvalue weighted by molar-refractivity contribution is 0.907. The van der Waals surface area contributed by atoms with E-state index in [9.17, 15) is 0 Å². The maximum absolute atomic E-state index is 5.62. The molecule has 2 N–H and O–H groups in total. The molecule has 58 valence electrons. The van der Waals surface area contributed by atoms with Crippen molar-refractivity contribution in [3.63, 3.8) is 0 Å². The first-order chi connectivity index (χ1) is 5.27. The highest BCUT2D eigenvalue weighted by atomic mass is 14.8. The summed E-state index contributed by atoms with van der Waals surface area (Å²) in [7, 11) is 0. The maximum Gasteiger partial charge on any atom is 0.123 e. The number of fused-ring (bicyclic) bond motifs is 1. The highest BCUT2D eigenvalue weighted by Gasteiger charge is 2.13. The number of nitrogens with zero attached hydrogens (tertiary/aromatic N) is 1. The largest absolute Gasteiger partial charge is 0.384 e. The first kappa shape index (κ1) is 6.65. The zero-order chi connectivity index (χ0) is 7.84. The normalized spacial score (nSPS) is 15.0. The molecule has 1 aliphatic rings. The monoisotopic (exact) mass is 148 g/mol. The van der Waals surface area contributed by atoms with E-state index in [4.69, 9.17) is 5.73 Å². The predicted molar refractivity (Wildman–Crippen MR) is 45.4 cm³/mol. The Balaban J connectivity index is 2.60. The smallest absolute Gasteiger partial charge is 0.123 e. The number of pyridine rings is 1. The van der Waals surface area contributed by atoms with E-state index in [-0.39, 0.29) is 0 Å². The van der Waals surface area contributed by atoms with Crippen LogP contribution in [0.25, 0.3) is 0 Å². The minimum absolute atomic E-state index is 0.670. The Morgan fingerprint density at radius 3 is 3.09 bits per heavy atom. The van der Waals surface area contributed by atoms with Gasteiger partial charge in [-0.3, -0.25) is 0 Å². The predicted octanol–water partition coefficient (Wildman–Crippen LogP) is 1.46. The standard InChI is InChI=1S/C9H12N2/c1-6-8-4-2-3-7(8)5-9(10)11-6/h5H,2-4H2,1H3,(H2,10,11). The van der Waals surface area contributed by atoms with Crippen molar-refractivity contribution in [1.82, 2.24) is 4.98 Å². The van der Waals surface area contributed by atoms with Gasteiger partial charge in [-0.1, -0.05) is 0 Å². The SMILES string of the molecule is Cc1nc(N)cc2c1CCC2. The highest BCUT2D eigenvalue weighted by Crippen LogP contribution is 2.24. The average molecular weight is 148 g/mol. The molecule has 2 nitrogen and oxygen atoms in total. The number of hydrogen-bond acceptors (Lipinski definition) is 2. The molecule has 0 saturated carbocycles. The molecule has 0 spiro atoms. The van der Waals surface area contributed by atoms with Crippen LogP contribution in [0.5, 0.6) is 0 Å². The molecular formula is C9H12N2. The summed E-state index contributed by atoms with van der Waals surface area (Å²) in [6.45, 7) is 2.04. The van der Waals surface area contributed by atoms with Crippen molar-refractivity contribution >= 4 is 5.82 Å². The molecule has 0 unspecified atom stereocenters. The molecule has 11 heavy (non-hydrogen) atoms. The van der Waals surface area contributed by atoms with Crippen molar-refractivity contribution in [3.8, 4) is 0 Å². The summed E-state index contributed by atoms with van der Waals surface area (Å²) in [6.07, 6.45) is 3.64. The van der Waals surface area contributed by atoms with Gasteiger partial charge in [0.2, 0.25) is 0 Å². The first-order valence-corrected chi connectivity index (χ1v) is 4.02. The van der Waals surface area contributed by atoms with E-state index in [1.54, 1.807) is 0 Å². The van der Waals surface area contributed by atoms with Gasteiger partial charge in [-0.05, 0) is 43.4 Å². The molecule has 0 atom stereocenters. The first-order valence-electron chi connectivity index (χ1n) is 4.02. The van der Waals surface area contributed by atoms with E-state index in [0.29, 0.717) is 5.82 Å². The number of hydrogen-bond donors (Lipinski definition) is 1. The minimum atomic E-state index is 0.670. The summed E-state index contributed by atoms with van der Waals surface area (Å²) >= 11 is 0. The third-order valence-corrected chi connectivity index (χ3v) is 2.32. The van der Waals surface area contributed by atoms with Crippen molar-refractivity contribution in [2.45, 2.75) is 26.2 Å². The Kier molecular flexibility index (Phi) is 1.34. The third-order valence-electron chi connectivity index (χ3n) is 2.32. The lowest BCUT2D eigenvalue weighted by atomic mass is 10.1. The molecule has 0 amide bonds. The highest BCUT2D eigenvalue weighted by molar-refractivity contribution is 5.43. The molecule has 0 bridgehead atoms. The van der Waals surface area contributed by atoms with Crippen molar-refractivity contribution in [1.29, 1.82) is 0 Å². The van der Waals surface area contributed by atoms with E-state index in [2.05, 4.69) is 4.98 Å². The number of aromatic nitrogens is 1. The fourth-order valence-corrected chi connectivity index (χ4v) is 1.81. The van der Waals surface area contributed by atoms with Gasteiger partial charge in [0.15, 0.2) is 0 Å². The third kappa shape index (κ3) is 0.985. The van der Waals surface area contributed by atoms with Gasteiger partial charge in [0, 0.05) is 5.69 Å². The molecule has 2 rings (SSSR count). The van der Waals surface area contributed by atoms with Crippen molar-refractivity contribution in [3.05, 3.63) is 22.9 Å². The second-order valence-corrected chi connectivity index (χ2v) is 3.12. The number of nitrogen functional groups attached to an aromatic ring is 1. The van der Waals surface area contributed by atoms with Gasteiger partial charge in [0.1, 0.15) is 5.82 Å². The fourth-order valence-electron chi connectivity index (χ4n) is 1.81. The van der Waals surface area contributed by atoms with Crippen LogP contribution >= 0.6 is 0 Å². The summed E-state index contributed by atoms with van der Waals surface area (Å²) in [4.78, 5) is 4.22. The van der Waals surface area contributed by atoms with Crippen LogP contribution < -0.4 is 5.73 Å². The molecular weight excluding hydrogens is 136 g/mol. The van der Waals surface area contributed by atoms with Crippen LogP contribution in [0.1, 0.15) is 23.2 Å². The van der Waals surface area contributed by atoms with Gasteiger partial charge < -0.3 is 5.73 Å². The van der Waals surface area contributed by atoms with Crippen LogP contribution in [0.15, 0.2) is 6.07 Å². The van der Waals surface area contributed by atoms with Crippen molar-refractivity contribution in [2.24, 2.45) is 0 Å². The second-order valence-electron chi connectivity index (χ2n) is 3.12. The number of aryl methyl sites for hydroxylation is 2. The lowest BCUT2D eigenvalue weighted by Crippen LogP contribution is -1.97. The van der Waals surface area contributed by atoms with Crippen LogP contribution in [-0.4, -0.2) is 4.98 Å². The van der Waals surface area contributed by atoms with Crippen LogP contribution in [-0.2, 0) is 12.8 Å². The summed E-state index contributed by atoms with van der Waals surface area (Å²) in [6, 6.07) is 2.01. The summed E-state index contributed by atoms with van der Waals surface area (Å²) in [5, 5.41) is 0. The van der Waals surface area contributed by atoms with E-state index in [1.165, 1.54) is 30.4 Å². The summed E-state index contributed by atoms with van der Waals surface area (Å²) < 4.78 is 0. The Labute approximate surface area is 66.4 Å². The van der Waals surface area contributed by atoms with Crippen molar-refractivity contribution < 1.29 is 0 Å². The van der Waals surface area contributed by atoms with Gasteiger partial charge in [-0.15, -0.1) is 0 Å². The van der Waals surface area contributed by atoms with E-state index >= 15 is 0 Å². The quantitative estimate of drug-likeness (QED) is 0.605. The van der Waals surface area contributed by atoms with Crippen LogP contribution in [0.3, 0.4) is 0 Å². The molecule has 0 fully saturated rings. The molecule has 0 saturated heterocycles. The molecule has 2 heteroatoms. The maximum atomic E-state index is 5.62. The molecule has 1 heterocycles. The molecule has 1 aromatic heterocycles. The van der Waals surface area contributed by atoms with Crippen molar-refractivity contribution in [2.75, 3.05) is 5.73 Å². The molecule has 0 aliphatic heterocycles. The molecule has 1 aromatic rings. The Hall–Kier alpha value is -1.05. The van der Waals surface area contributed by atoms with Gasteiger partial charge >= 0.3 is 0 Å². The molecule has 0 radical (unpaired) electrons. The fraction of sp³-hybridized carbons (Fsp3) is 0.444. The van der Waals surface area contributed by atoms with Gasteiger partial charge in [-0.2, -0.15) is 0 Å². The van der Waals surface area contributed by atoms with Crippen LogP contribution in [0.4, 0.5) is 5.82 Å². The average Bonchev–Trinajstić information content (AvgIpc) is 2.34. The number of anilines is 1. The molecule has 0 aromatic carbocycles. The zero-order valence-corrected chi connectivity index (χ0v) is 6.72. The number of rotatable bonds is 0. The van der Waals surface area contributed by atoms with E-state index < -0.39 is 0 Å². The van der Waals surface area contributed by atoms with E-state index in [1.807, 2.05) is 13.0 Å². The Bertz CT molecular complexity index is 292. The Morgan fingerprint density at radius 2 is 2.27 bits per heavy atom. The second kappa shape index (κ2) is 2.22. The van der Waals surface area contributed by atoms with Gasteiger partial charge in [0.25, 0.3) is 0 Å². The molecule has 1 aliphatic carbocycles. The summed E-state index contributed by atoms with van der Waals surface area (Å²) in [5.41, 5.74) is 9.59. The van der Waals surface area contributed by atoms with E-state index in [0.717, 1.165) is 5.69 Å².